The fraction of sp³-hybridized carbons (Fsp3) is 0.280. The Morgan fingerprint density at radius 1 is 1.20 bits per heavy atom. The minimum Gasteiger partial charge on any atom is -0.492 e. The van der Waals surface area contributed by atoms with E-state index >= 15 is 0 Å². The van der Waals surface area contributed by atoms with E-state index in [0.717, 1.165) is 35.6 Å². The summed E-state index contributed by atoms with van der Waals surface area (Å²) in [5.41, 5.74) is 6.85. The second-order valence-electron chi connectivity index (χ2n) is 7.99. The fourth-order valence-electron chi connectivity index (χ4n) is 4.60. The summed E-state index contributed by atoms with van der Waals surface area (Å²) < 4.78 is 12.1. The number of aliphatic carboxylic acids is 1. The molecule has 1 aliphatic carbocycles. The molecule has 1 aliphatic heterocycles. The molecule has 2 aromatic carbocycles. The molecule has 2 heterocycles. The van der Waals surface area contributed by atoms with Crippen molar-refractivity contribution in [2.24, 2.45) is 0 Å². The number of hydrogen-bond donors (Lipinski definition) is 1. The second kappa shape index (κ2) is 7.48. The molecule has 5 heteroatoms. The predicted octanol–water partition coefficient (Wildman–Crippen LogP) is 5.07. The van der Waals surface area contributed by atoms with Gasteiger partial charge >= 0.3 is 5.97 Å². The fourth-order valence-corrected chi connectivity index (χ4v) is 4.60. The zero-order valence-corrected chi connectivity index (χ0v) is 16.8. The number of pyridine rings is 1. The Balaban J connectivity index is 1.40. The van der Waals surface area contributed by atoms with E-state index in [9.17, 15) is 4.79 Å². The molecule has 2 atom stereocenters. The van der Waals surface area contributed by atoms with Crippen LogP contribution in [0.25, 0.3) is 11.3 Å². The van der Waals surface area contributed by atoms with Crippen molar-refractivity contribution >= 4 is 5.97 Å². The highest BCUT2D eigenvalue weighted by Crippen LogP contribution is 2.43. The molecule has 1 aromatic heterocycles. The lowest BCUT2D eigenvalue weighted by atomic mass is 9.97. The van der Waals surface area contributed by atoms with Crippen molar-refractivity contribution < 1.29 is 19.4 Å². The summed E-state index contributed by atoms with van der Waals surface area (Å²) in [7, 11) is 0. The van der Waals surface area contributed by atoms with Crippen molar-refractivity contribution in [1.29, 1.82) is 0 Å². The second-order valence-corrected chi connectivity index (χ2v) is 7.99. The van der Waals surface area contributed by atoms with Crippen LogP contribution in [0, 0.1) is 6.92 Å². The van der Waals surface area contributed by atoms with E-state index in [-0.39, 0.29) is 18.4 Å². The van der Waals surface area contributed by atoms with Gasteiger partial charge in [-0.3, -0.25) is 9.78 Å². The number of aromatic nitrogens is 1. The molecule has 1 N–H and O–H groups in total. The summed E-state index contributed by atoms with van der Waals surface area (Å²) in [5, 5.41) is 9.07. The average molecular weight is 401 g/mol. The van der Waals surface area contributed by atoms with Gasteiger partial charge in [0.15, 0.2) is 0 Å². The Morgan fingerprint density at radius 3 is 2.93 bits per heavy atom. The Morgan fingerprint density at radius 2 is 2.10 bits per heavy atom. The molecule has 2 unspecified atom stereocenters. The molecule has 0 saturated heterocycles. The molecule has 0 radical (unpaired) electrons. The first kappa shape index (κ1) is 18.7. The van der Waals surface area contributed by atoms with E-state index in [2.05, 4.69) is 36.2 Å². The molecule has 5 rings (SSSR count). The van der Waals surface area contributed by atoms with Gasteiger partial charge in [0.1, 0.15) is 17.6 Å². The van der Waals surface area contributed by atoms with Crippen LogP contribution in [0.15, 0.2) is 54.7 Å². The highest BCUT2D eigenvalue weighted by Gasteiger charge is 2.29. The first-order valence-electron chi connectivity index (χ1n) is 10.3. The van der Waals surface area contributed by atoms with Crippen molar-refractivity contribution in [3.8, 4) is 22.8 Å². The van der Waals surface area contributed by atoms with Crippen LogP contribution in [-0.2, 0) is 11.2 Å². The first-order valence-corrected chi connectivity index (χ1v) is 10.3. The third kappa shape index (κ3) is 3.30. The van der Waals surface area contributed by atoms with Gasteiger partial charge in [0.2, 0.25) is 0 Å². The molecular formula is C25H23NO4. The number of benzene rings is 2. The van der Waals surface area contributed by atoms with Gasteiger partial charge < -0.3 is 14.6 Å². The summed E-state index contributed by atoms with van der Waals surface area (Å²) in [6, 6.07) is 16.2. The number of carboxylic acids is 1. The number of hydrogen-bond acceptors (Lipinski definition) is 4. The van der Waals surface area contributed by atoms with Gasteiger partial charge in [0.05, 0.1) is 18.7 Å². The summed E-state index contributed by atoms with van der Waals surface area (Å²) in [6.45, 7) is 2.50. The van der Waals surface area contributed by atoms with E-state index in [1.807, 2.05) is 30.5 Å². The molecule has 0 fully saturated rings. The highest BCUT2D eigenvalue weighted by molar-refractivity contribution is 5.70. The minimum absolute atomic E-state index is 0.0155. The maximum atomic E-state index is 11.0. The SMILES string of the molecule is Cc1cccnc1-c1cccc2c1CCC2Oc1ccc2c(c1)OCC2CC(=O)O. The van der Waals surface area contributed by atoms with Gasteiger partial charge in [-0.2, -0.15) is 0 Å². The monoisotopic (exact) mass is 401 g/mol. The molecule has 0 bridgehead atoms. The normalized spacial score (nSPS) is 19.1. The van der Waals surface area contributed by atoms with Crippen LogP contribution in [0.1, 0.15) is 47.1 Å². The quantitative estimate of drug-likeness (QED) is 0.646. The molecule has 152 valence electrons. The van der Waals surface area contributed by atoms with E-state index in [1.165, 1.54) is 22.3 Å². The van der Waals surface area contributed by atoms with Gasteiger partial charge in [-0.1, -0.05) is 30.3 Å². The summed E-state index contributed by atoms with van der Waals surface area (Å²) >= 11 is 0. The van der Waals surface area contributed by atoms with E-state index < -0.39 is 5.97 Å². The van der Waals surface area contributed by atoms with E-state index in [4.69, 9.17) is 14.6 Å². The highest BCUT2D eigenvalue weighted by atomic mass is 16.5. The number of aryl methyl sites for hydroxylation is 1. The molecule has 0 amide bonds. The van der Waals surface area contributed by atoms with Crippen LogP contribution in [0.2, 0.25) is 0 Å². The number of carbonyl (C=O) groups is 1. The van der Waals surface area contributed by atoms with Gasteiger partial charge in [-0.15, -0.1) is 0 Å². The van der Waals surface area contributed by atoms with E-state index in [0.29, 0.717) is 6.61 Å². The Labute approximate surface area is 175 Å². The summed E-state index contributed by atoms with van der Waals surface area (Å²) in [5.74, 6) is 0.582. The number of ether oxygens (including phenoxy) is 2. The van der Waals surface area contributed by atoms with Crippen molar-refractivity contribution in [2.75, 3.05) is 6.61 Å². The minimum atomic E-state index is -0.807. The van der Waals surface area contributed by atoms with Gasteiger partial charge in [-0.25, -0.2) is 0 Å². The van der Waals surface area contributed by atoms with Crippen LogP contribution in [0.3, 0.4) is 0 Å². The zero-order chi connectivity index (χ0) is 20.7. The number of carboxylic acid groups (broad SMARTS) is 1. The molecule has 2 aliphatic rings. The maximum Gasteiger partial charge on any atom is 0.304 e. The van der Waals surface area contributed by atoms with Gasteiger partial charge in [-0.05, 0) is 48.6 Å². The van der Waals surface area contributed by atoms with Crippen molar-refractivity contribution in [2.45, 2.75) is 38.2 Å². The van der Waals surface area contributed by atoms with Gasteiger partial charge in [0, 0.05) is 29.3 Å². The van der Waals surface area contributed by atoms with E-state index in [1.54, 1.807) is 0 Å². The third-order valence-electron chi connectivity index (χ3n) is 6.04. The lowest BCUT2D eigenvalue weighted by molar-refractivity contribution is -0.137. The predicted molar refractivity (Wildman–Crippen MR) is 113 cm³/mol. The number of nitrogens with zero attached hydrogens (tertiary/aromatic N) is 1. The molecule has 30 heavy (non-hydrogen) atoms. The number of rotatable bonds is 5. The first-order chi connectivity index (χ1) is 14.6. The Hall–Kier alpha value is -3.34. The Kier molecular flexibility index (Phi) is 4.66. The van der Waals surface area contributed by atoms with Crippen LogP contribution in [-0.4, -0.2) is 22.7 Å². The summed E-state index contributed by atoms with van der Waals surface area (Å²) in [6.07, 6.45) is 3.77. The number of fused-ring (bicyclic) bond motifs is 2. The average Bonchev–Trinajstić information content (AvgIpc) is 3.32. The van der Waals surface area contributed by atoms with Crippen molar-refractivity contribution in [3.63, 3.8) is 0 Å². The third-order valence-corrected chi connectivity index (χ3v) is 6.04. The standard InChI is InChI=1S/C25H23NO4/c1-15-4-3-11-26-25(15)21-6-2-5-20-19(21)9-10-22(20)30-17-7-8-18-16(12-24(27)28)14-29-23(18)13-17/h2-8,11,13,16,22H,9-10,12,14H2,1H3,(H,27,28). The topological polar surface area (TPSA) is 68.7 Å². The molecule has 3 aromatic rings. The van der Waals surface area contributed by atoms with Crippen LogP contribution in [0.4, 0.5) is 0 Å². The molecular weight excluding hydrogens is 378 g/mol. The molecule has 0 spiro atoms. The molecule has 0 saturated carbocycles. The lowest BCUT2D eigenvalue weighted by Crippen LogP contribution is -2.07. The van der Waals surface area contributed by atoms with Crippen molar-refractivity contribution in [3.05, 3.63) is 77.0 Å². The smallest absolute Gasteiger partial charge is 0.304 e. The van der Waals surface area contributed by atoms with Crippen LogP contribution in [0.5, 0.6) is 11.5 Å². The Bertz CT molecular complexity index is 1120. The zero-order valence-electron chi connectivity index (χ0n) is 16.8. The maximum absolute atomic E-state index is 11.0. The molecule has 5 nitrogen and oxygen atoms in total. The van der Waals surface area contributed by atoms with Crippen LogP contribution >= 0.6 is 0 Å². The van der Waals surface area contributed by atoms with Gasteiger partial charge in [0.25, 0.3) is 0 Å². The van der Waals surface area contributed by atoms with Crippen LogP contribution < -0.4 is 9.47 Å². The lowest BCUT2D eigenvalue weighted by Gasteiger charge is -2.17. The summed E-state index contributed by atoms with van der Waals surface area (Å²) in [4.78, 5) is 15.6. The van der Waals surface area contributed by atoms with Crippen molar-refractivity contribution in [1.82, 2.24) is 4.98 Å². The largest absolute Gasteiger partial charge is 0.492 e.